The summed E-state index contributed by atoms with van der Waals surface area (Å²) in [6, 6.07) is 8.30. The first-order chi connectivity index (χ1) is 13.8. The number of unbranched alkanes of at least 4 members (excludes halogenated alkanes) is 3. The third kappa shape index (κ3) is 6.25. The summed E-state index contributed by atoms with van der Waals surface area (Å²) in [6.45, 7) is 12.7. The van der Waals surface area contributed by atoms with Crippen LogP contribution in [0.25, 0.3) is 10.9 Å². The summed E-state index contributed by atoms with van der Waals surface area (Å²) < 4.78 is 11.2. The zero-order valence-corrected chi connectivity index (χ0v) is 22.3. The number of hydrogen-bond acceptors (Lipinski definition) is 2. The molecular formula is C25H41NO2Sn. The molecule has 2 aromatic rings. The monoisotopic (exact) mass is 507 g/mol. The fraction of sp³-hybridized carbons (Fsp3) is 0.640. The van der Waals surface area contributed by atoms with E-state index in [4.69, 9.17) is 4.74 Å². The second kappa shape index (κ2) is 10.9. The van der Waals surface area contributed by atoms with Crippen LogP contribution in [0, 0.1) is 0 Å². The van der Waals surface area contributed by atoms with Gasteiger partial charge in [-0.05, 0) is 0 Å². The van der Waals surface area contributed by atoms with Crippen LogP contribution < -0.4 is 3.71 Å². The number of benzene rings is 1. The van der Waals surface area contributed by atoms with E-state index in [1.54, 1.807) is 0 Å². The molecule has 0 aliphatic rings. The second-order valence-corrected chi connectivity index (χ2v) is 22.5. The molecule has 0 unspecified atom stereocenters. The Morgan fingerprint density at radius 3 is 1.93 bits per heavy atom. The SMILES string of the molecule is CCC[CH2][Sn]([CH2]CCC)([CH2]CCC)[c]1[nH]c2ccccc2c1C(=O)OC(C)(C)C. The number of aromatic nitrogens is 1. The molecule has 0 fully saturated rings. The number of H-pyrrole nitrogens is 1. The van der Waals surface area contributed by atoms with E-state index in [9.17, 15) is 4.79 Å². The van der Waals surface area contributed by atoms with E-state index in [0.29, 0.717) is 0 Å². The van der Waals surface area contributed by atoms with E-state index >= 15 is 0 Å². The Morgan fingerprint density at radius 1 is 0.931 bits per heavy atom. The summed E-state index contributed by atoms with van der Waals surface area (Å²) >= 11 is -2.81. The number of para-hydroxylation sites is 1. The van der Waals surface area contributed by atoms with Gasteiger partial charge in [0.2, 0.25) is 0 Å². The first kappa shape index (κ1) is 24.3. The number of ether oxygens (including phenoxy) is 1. The molecule has 1 aromatic heterocycles. The number of carbonyl (C=O) groups excluding carboxylic acids is 1. The van der Waals surface area contributed by atoms with E-state index in [-0.39, 0.29) is 5.97 Å². The van der Waals surface area contributed by atoms with Crippen molar-refractivity contribution in [2.24, 2.45) is 0 Å². The molecule has 0 spiro atoms. The molecule has 0 aliphatic heterocycles. The van der Waals surface area contributed by atoms with Crippen molar-refractivity contribution in [2.45, 2.75) is 99.0 Å². The maximum atomic E-state index is 13.4. The van der Waals surface area contributed by atoms with Gasteiger partial charge in [-0.15, -0.1) is 0 Å². The number of aromatic amines is 1. The molecule has 1 heterocycles. The van der Waals surface area contributed by atoms with Crippen LogP contribution in [-0.2, 0) is 4.74 Å². The van der Waals surface area contributed by atoms with Gasteiger partial charge in [0.05, 0.1) is 0 Å². The quantitative estimate of drug-likeness (QED) is 0.259. The number of fused-ring (bicyclic) bond motifs is 1. The molecule has 2 rings (SSSR count). The van der Waals surface area contributed by atoms with Crippen LogP contribution >= 0.6 is 0 Å². The van der Waals surface area contributed by atoms with Crippen LogP contribution in [0.15, 0.2) is 24.3 Å². The molecule has 3 nitrogen and oxygen atoms in total. The van der Waals surface area contributed by atoms with E-state index in [1.165, 1.54) is 55.5 Å². The molecule has 1 N–H and O–H groups in total. The minimum absolute atomic E-state index is 0.143. The Kier molecular flexibility index (Phi) is 9.11. The van der Waals surface area contributed by atoms with Gasteiger partial charge >= 0.3 is 182 Å². The van der Waals surface area contributed by atoms with Crippen LogP contribution in [0.1, 0.15) is 90.4 Å². The van der Waals surface area contributed by atoms with Gasteiger partial charge < -0.3 is 0 Å². The molecule has 0 radical (unpaired) electrons. The van der Waals surface area contributed by atoms with E-state index in [1.807, 2.05) is 26.8 Å². The summed E-state index contributed by atoms with van der Waals surface area (Å²) in [6.07, 6.45) is 7.47. The number of nitrogens with one attached hydrogen (secondary N) is 1. The Balaban J connectivity index is 2.68. The van der Waals surface area contributed by atoms with Gasteiger partial charge in [0.15, 0.2) is 0 Å². The van der Waals surface area contributed by atoms with Gasteiger partial charge in [-0.1, -0.05) is 0 Å². The Hall–Kier alpha value is -0.971. The van der Waals surface area contributed by atoms with Crippen molar-refractivity contribution in [3.63, 3.8) is 0 Å². The Labute approximate surface area is 181 Å². The predicted molar refractivity (Wildman–Crippen MR) is 128 cm³/mol. The maximum absolute atomic E-state index is 13.4. The van der Waals surface area contributed by atoms with Crippen molar-refractivity contribution in [3.05, 3.63) is 29.8 Å². The number of hydrogen-bond donors (Lipinski definition) is 1. The average molecular weight is 506 g/mol. The first-order valence-electron chi connectivity index (χ1n) is 11.6. The minimum atomic E-state index is -2.81. The number of rotatable bonds is 11. The molecule has 1 aromatic carbocycles. The Bertz CT molecular complexity index is 766. The van der Waals surface area contributed by atoms with Crippen LogP contribution in [0.2, 0.25) is 13.3 Å². The number of carbonyl (C=O) groups is 1. The molecular weight excluding hydrogens is 465 g/mol. The fourth-order valence-corrected chi connectivity index (χ4v) is 20.8. The van der Waals surface area contributed by atoms with Gasteiger partial charge in [0.25, 0.3) is 0 Å². The van der Waals surface area contributed by atoms with Crippen molar-refractivity contribution in [1.82, 2.24) is 4.98 Å². The fourth-order valence-electron chi connectivity index (χ4n) is 4.38. The third-order valence-corrected chi connectivity index (χ3v) is 21.2. The zero-order valence-electron chi connectivity index (χ0n) is 19.5. The second-order valence-electron chi connectivity index (χ2n) is 9.51. The average Bonchev–Trinajstić information content (AvgIpc) is 3.06. The van der Waals surface area contributed by atoms with E-state index in [0.717, 1.165) is 16.5 Å². The van der Waals surface area contributed by atoms with Crippen molar-refractivity contribution in [1.29, 1.82) is 0 Å². The summed E-state index contributed by atoms with van der Waals surface area (Å²) in [5.74, 6) is -0.143. The van der Waals surface area contributed by atoms with Crippen molar-refractivity contribution in [3.8, 4) is 0 Å². The molecule has 0 bridgehead atoms. The van der Waals surface area contributed by atoms with Crippen LogP contribution in [0.3, 0.4) is 0 Å². The van der Waals surface area contributed by atoms with E-state index in [2.05, 4.69) is 44.0 Å². The topological polar surface area (TPSA) is 42.1 Å². The third-order valence-electron chi connectivity index (χ3n) is 5.87. The van der Waals surface area contributed by atoms with Crippen LogP contribution in [0.5, 0.6) is 0 Å². The van der Waals surface area contributed by atoms with Crippen molar-refractivity contribution < 1.29 is 9.53 Å². The molecule has 0 amide bonds. The zero-order chi connectivity index (χ0) is 21.5. The van der Waals surface area contributed by atoms with Crippen molar-refractivity contribution >= 4 is 39.0 Å². The molecule has 0 saturated carbocycles. The van der Waals surface area contributed by atoms with Gasteiger partial charge in [0, 0.05) is 0 Å². The van der Waals surface area contributed by atoms with Gasteiger partial charge in [-0.3, -0.25) is 0 Å². The predicted octanol–water partition coefficient (Wildman–Crippen LogP) is 7.18. The van der Waals surface area contributed by atoms with Crippen LogP contribution in [0.4, 0.5) is 0 Å². The van der Waals surface area contributed by atoms with Gasteiger partial charge in [0.1, 0.15) is 0 Å². The molecule has 4 heteroatoms. The standard InChI is InChI=1S/C13H14NO2.3C4H9.Sn/c1-13(2,3)16-12(15)10-8-14-11-7-5-4-6-9(10)11;3*1-3-4-2;/h4-7,14H,1-3H3;3*1,3-4H2,2H3;. The molecule has 162 valence electrons. The molecule has 29 heavy (non-hydrogen) atoms. The van der Waals surface area contributed by atoms with Gasteiger partial charge in [-0.2, -0.15) is 0 Å². The van der Waals surface area contributed by atoms with E-state index < -0.39 is 24.0 Å². The van der Waals surface area contributed by atoms with Crippen LogP contribution in [-0.4, -0.2) is 34.9 Å². The Morgan fingerprint density at radius 2 is 1.45 bits per heavy atom. The van der Waals surface area contributed by atoms with Crippen molar-refractivity contribution in [2.75, 3.05) is 0 Å². The summed E-state index contributed by atoms with van der Waals surface area (Å²) in [7, 11) is 0. The van der Waals surface area contributed by atoms with Gasteiger partial charge in [-0.25, -0.2) is 0 Å². The molecule has 0 aliphatic carbocycles. The normalized spacial score (nSPS) is 12.5. The summed E-state index contributed by atoms with van der Waals surface area (Å²) in [4.78, 5) is 17.2. The molecule has 0 atom stereocenters. The number of esters is 1. The first-order valence-corrected chi connectivity index (χ1v) is 19.1. The molecule has 0 saturated heterocycles. The summed E-state index contributed by atoms with van der Waals surface area (Å²) in [5, 5.41) is 1.04. The summed E-state index contributed by atoms with van der Waals surface area (Å²) in [5.41, 5.74) is 1.46.